The topological polar surface area (TPSA) is 124 Å². The standard InChI is InChI=1S/C28H35N9O2Si/c1-40(2,3)14-13-38-19-36-18-32-25(22-7-11-30-26(22)36)21-15-33-37(17-21)24(6-9-29)20-8-12-35(16-20)28-34-23-5-4-10-31-27(23)39-28/h4-5,7,10-11,15,17,20,24,30H,6,8,12-14,16,18-19H2,1-3H3. The Morgan fingerprint density at radius 3 is 3.02 bits per heavy atom. The zero-order chi connectivity index (χ0) is 27.7. The summed E-state index contributed by atoms with van der Waals surface area (Å²) >= 11 is 0. The molecule has 0 aromatic carbocycles. The van der Waals surface area contributed by atoms with E-state index in [1.807, 2.05) is 35.4 Å². The lowest BCUT2D eigenvalue weighted by atomic mass is 9.96. The number of H-pyrrole nitrogens is 1. The number of hydrogen-bond donors (Lipinski definition) is 1. The van der Waals surface area contributed by atoms with E-state index in [2.05, 4.69) is 56.5 Å². The molecule has 6 heterocycles. The molecule has 2 unspecified atom stereocenters. The number of ether oxygens (including phenoxy) is 1. The Hall–Kier alpha value is -3.95. The normalized spacial score (nSPS) is 18.1. The summed E-state index contributed by atoms with van der Waals surface area (Å²) in [5.74, 6) is 1.24. The third kappa shape index (κ3) is 5.39. The Balaban J connectivity index is 1.15. The second kappa shape index (κ2) is 10.9. The molecule has 0 bridgehead atoms. The first-order valence-electron chi connectivity index (χ1n) is 13.8. The molecule has 6 rings (SSSR count). The van der Waals surface area contributed by atoms with Crippen LogP contribution in [0.2, 0.25) is 25.7 Å². The van der Waals surface area contributed by atoms with Crippen LogP contribution in [0.1, 0.15) is 30.0 Å². The number of oxazole rings is 1. The highest BCUT2D eigenvalue weighted by molar-refractivity contribution is 6.76. The lowest BCUT2D eigenvalue weighted by Crippen LogP contribution is -2.33. The number of rotatable bonds is 10. The molecule has 2 aliphatic heterocycles. The first-order chi connectivity index (χ1) is 19.4. The van der Waals surface area contributed by atoms with E-state index < -0.39 is 8.07 Å². The van der Waals surface area contributed by atoms with Crippen molar-refractivity contribution in [1.29, 1.82) is 5.26 Å². The van der Waals surface area contributed by atoms with Crippen molar-refractivity contribution < 1.29 is 9.15 Å². The van der Waals surface area contributed by atoms with Gasteiger partial charge in [0.2, 0.25) is 5.71 Å². The fourth-order valence-corrected chi connectivity index (χ4v) is 6.17. The summed E-state index contributed by atoms with van der Waals surface area (Å²) < 4.78 is 13.8. The maximum atomic E-state index is 9.67. The molecule has 0 amide bonds. The fraction of sp³-hybridized carbons (Fsp3) is 0.464. The van der Waals surface area contributed by atoms with Gasteiger partial charge in [0.05, 0.1) is 30.4 Å². The molecule has 11 nitrogen and oxygen atoms in total. The Morgan fingerprint density at radius 2 is 2.20 bits per heavy atom. The van der Waals surface area contributed by atoms with Crippen LogP contribution in [0.25, 0.3) is 11.2 Å². The van der Waals surface area contributed by atoms with Crippen LogP contribution in [0.5, 0.6) is 0 Å². The van der Waals surface area contributed by atoms with Gasteiger partial charge < -0.3 is 23.9 Å². The van der Waals surface area contributed by atoms with Crippen LogP contribution in [0.4, 0.5) is 11.8 Å². The van der Waals surface area contributed by atoms with Crippen molar-refractivity contribution in [3.8, 4) is 6.07 Å². The Labute approximate surface area is 234 Å². The van der Waals surface area contributed by atoms with E-state index in [0.29, 0.717) is 31.5 Å². The van der Waals surface area contributed by atoms with Crippen molar-refractivity contribution >= 4 is 36.8 Å². The lowest BCUT2D eigenvalue weighted by molar-refractivity contribution is 0.146. The van der Waals surface area contributed by atoms with Crippen molar-refractivity contribution in [2.24, 2.45) is 10.9 Å². The highest BCUT2D eigenvalue weighted by Crippen LogP contribution is 2.34. The molecule has 2 atom stereocenters. The van der Waals surface area contributed by atoms with Gasteiger partial charge in [-0.2, -0.15) is 15.3 Å². The predicted octanol–water partition coefficient (Wildman–Crippen LogP) is 4.66. The van der Waals surface area contributed by atoms with Crippen molar-refractivity contribution in [1.82, 2.24) is 24.7 Å². The summed E-state index contributed by atoms with van der Waals surface area (Å²) in [4.78, 5) is 21.4. The predicted molar refractivity (Wildman–Crippen MR) is 156 cm³/mol. The molecule has 4 aromatic rings. The number of aliphatic imine (C=N–C) groups is 1. The number of pyridine rings is 1. The van der Waals surface area contributed by atoms with E-state index in [1.165, 1.54) is 0 Å². The van der Waals surface area contributed by atoms with Gasteiger partial charge in [0.25, 0.3) is 6.01 Å². The molecule has 0 saturated carbocycles. The molecule has 0 aliphatic carbocycles. The van der Waals surface area contributed by atoms with Gasteiger partial charge >= 0.3 is 0 Å². The molecule has 1 N–H and O–H groups in total. The minimum absolute atomic E-state index is 0.0580. The van der Waals surface area contributed by atoms with E-state index >= 15 is 0 Å². The van der Waals surface area contributed by atoms with E-state index in [9.17, 15) is 5.26 Å². The van der Waals surface area contributed by atoms with Gasteiger partial charge in [0.1, 0.15) is 24.7 Å². The zero-order valence-corrected chi connectivity index (χ0v) is 24.2. The van der Waals surface area contributed by atoms with Crippen molar-refractivity contribution in [3.05, 3.63) is 54.1 Å². The van der Waals surface area contributed by atoms with E-state index in [0.717, 1.165) is 60.3 Å². The Bertz CT molecular complexity index is 1510. The van der Waals surface area contributed by atoms with Crippen LogP contribution in [0.15, 0.2) is 52.4 Å². The number of nitrogens with one attached hydrogen (secondary N) is 1. The van der Waals surface area contributed by atoms with E-state index in [-0.39, 0.29) is 12.0 Å². The fourth-order valence-electron chi connectivity index (χ4n) is 5.41. The molecule has 12 heteroatoms. The van der Waals surface area contributed by atoms with Crippen LogP contribution < -0.4 is 9.80 Å². The molecular formula is C28H35N9O2Si. The van der Waals surface area contributed by atoms with E-state index in [4.69, 9.17) is 19.2 Å². The number of nitriles is 1. The quantitative estimate of drug-likeness (QED) is 0.221. The number of fused-ring (bicyclic) bond motifs is 2. The van der Waals surface area contributed by atoms with Gasteiger partial charge in [0.15, 0.2) is 0 Å². The van der Waals surface area contributed by atoms with Gasteiger partial charge in [-0.1, -0.05) is 19.6 Å². The summed E-state index contributed by atoms with van der Waals surface area (Å²) in [6.45, 7) is 10.4. The number of anilines is 2. The lowest BCUT2D eigenvalue weighted by Gasteiger charge is -2.27. The number of hydrogen-bond acceptors (Lipinski definition) is 9. The molecule has 1 fully saturated rings. The maximum Gasteiger partial charge on any atom is 0.299 e. The van der Waals surface area contributed by atoms with Crippen LogP contribution in [0.3, 0.4) is 0 Å². The zero-order valence-electron chi connectivity index (χ0n) is 23.2. The minimum atomic E-state index is -1.13. The third-order valence-corrected chi connectivity index (χ3v) is 9.35. The van der Waals surface area contributed by atoms with Gasteiger partial charge in [0, 0.05) is 63.4 Å². The Morgan fingerprint density at radius 1 is 1.30 bits per heavy atom. The van der Waals surface area contributed by atoms with Gasteiger partial charge in [-0.25, -0.2) is 4.98 Å². The first kappa shape index (κ1) is 26.3. The second-order valence-electron chi connectivity index (χ2n) is 11.7. The number of aromatic amines is 1. The van der Waals surface area contributed by atoms with Gasteiger partial charge in [-0.3, -0.25) is 9.67 Å². The molecular weight excluding hydrogens is 522 g/mol. The summed E-state index contributed by atoms with van der Waals surface area (Å²) in [7, 11) is -1.13. The van der Waals surface area contributed by atoms with Crippen molar-refractivity contribution in [2.45, 2.75) is 44.6 Å². The van der Waals surface area contributed by atoms with Crippen LogP contribution in [-0.4, -0.2) is 71.6 Å². The summed E-state index contributed by atoms with van der Waals surface area (Å²) in [6.07, 6.45) is 8.83. The molecule has 40 heavy (non-hydrogen) atoms. The molecule has 0 spiro atoms. The largest absolute Gasteiger partial charge is 0.404 e. The molecule has 1 saturated heterocycles. The Kier molecular flexibility index (Phi) is 7.16. The number of nitrogens with zero attached hydrogens (tertiary/aromatic N) is 8. The average molecular weight is 558 g/mol. The van der Waals surface area contributed by atoms with Gasteiger partial charge in [-0.05, 0) is 30.7 Å². The van der Waals surface area contributed by atoms with Crippen molar-refractivity contribution in [2.75, 3.05) is 42.9 Å². The molecule has 4 aromatic heterocycles. The van der Waals surface area contributed by atoms with Crippen LogP contribution in [-0.2, 0) is 4.74 Å². The summed E-state index contributed by atoms with van der Waals surface area (Å²) in [5.41, 5.74) is 4.18. The molecule has 0 radical (unpaired) electrons. The van der Waals surface area contributed by atoms with Gasteiger partial charge in [-0.15, -0.1) is 0 Å². The highest BCUT2D eigenvalue weighted by atomic mass is 28.3. The average Bonchev–Trinajstić information content (AvgIpc) is 3.74. The molecule has 208 valence electrons. The maximum absolute atomic E-state index is 9.67. The summed E-state index contributed by atoms with van der Waals surface area (Å²) in [6, 6.07) is 9.85. The summed E-state index contributed by atoms with van der Waals surface area (Å²) in [5, 5.41) is 14.4. The third-order valence-electron chi connectivity index (χ3n) is 7.65. The van der Waals surface area contributed by atoms with E-state index in [1.54, 1.807) is 6.20 Å². The smallest absolute Gasteiger partial charge is 0.299 e. The highest BCUT2D eigenvalue weighted by Gasteiger charge is 2.34. The SMILES string of the molecule is C[Si](C)(C)CCOCN1CN=C(c2cnn(C(CC#N)C3CCN(c4nc5cccnc5o4)C3)c2)c2cc[nH]c21. The minimum Gasteiger partial charge on any atom is -0.404 e. The van der Waals surface area contributed by atoms with Crippen LogP contribution in [0, 0.1) is 17.2 Å². The molecule has 2 aliphatic rings. The van der Waals surface area contributed by atoms with Crippen molar-refractivity contribution in [3.63, 3.8) is 0 Å². The second-order valence-corrected chi connectivity index (χ2v) is 17.4. The number of aromatic nitrogens is 5. The van der Waals surface area contributed by atoms with Crippen LogP contribution >= 0.6 is 0 Å². The first-order valence-corrected chi connectivity index (χ1v) is 17.5. The monoisotopic (exact) mass is 557 g/mol.